The molecule has 1 aromatic carbocycles. The van der Waals surface area contributed by atoms with Gasteiger partial charge in [-0.25, -0.2) is 4.79 Å². The Bertz CT molecular complexity index is 770. The molecule has 1 spiro atoms. The maximum atomic E-state index is 13.1. The number of nitrogens with zero attached hydrogens (tertiary/aromatic N) is 2. The van der Waals surface area contributed by atoms with E-state index in [9.17, 15) is 4.79 Å². The maximum absolute atomic E-state index is 13.1. The molecular formula is C22H27N3O2. The molecule has 2 aliphatic rings. The lowest BCUT2D eigenvalue weighted by Gasteiger charge is -2.41. The van der Waals surface area contributed by atoms with Crippen molar-refractivity contribution < 1.29 is 9.53 Å². The molecule has 1 aliphatic carbocycles. The third-order valence-electron chi connectivity index (χ3n) is 5.77. The normalized spacial score (nSPS) is 19.8. The molecule has 1 N–H and O–H groups in total. The van der Waals surface area contributed by atoms with Crippen LogP contribution >= 0.6 is 0 Å². The number of pyridine rings is 1. The van der Waals surface area contributed by atoms with E-state index in [-0.39, 0.29) is 17.7 Å². The fraction of sp³-hybridized carbons (Fsp3) is 0.455. The number of nitrogens with one attached hydrogen (secondary N) is 1. The van der Waals surface area contributed by atoms with E-state index >= 15 is 0 Å². The van der Waals surface area contributed by atoms with Crippen molar-refractivity contribution in [3.05, 3.63) is 65.5 Å². The van der Waals surface area contributed by atoms with Crippen LogP contribution in [0.5, 0.6) is 0 Å². The molecule has 1 saturated carbocycles. The lowest BCUT2D eigenvalue weighted by Crippen LogP contribution is -2.55. The zero-order valence-corrected chi connectivity index (χ0v) is 15.9. The number of aromatic nitrogens is 1. The Morgan fingerprint density at radius 3 is 2.48 bits per heavy atom. The highest BCUT2D eigenvalue weighted by Crippen LogP contribution is 2.36. The molecule has 2 heterocycles. The van der Waals surface area contributed by atoms with Crippen molar-refractivity contribution >= 4 is 6.03 Å². The van der Waals surface area contributed by atoms with Crippen LogP contribution in [-0.4, -0.2) is 41.2 Å². The Kier molecular flexibility index (Phi) is 5.12. The average Bonchev–Trinajstić information content (AvgIpc) is 3.15. The summed E-state index contributed by atoms with van der Waals surface area (Å²) in [6, 6.07) is 12.0. The first kappa shape index (κ1) is 18.0. The van der Waals surface area contributed by atoms with Crippen LogP contribution in [0.15, 0.2) is 48.8 Å². The highest BCUT2D eigenvalue weighted by Gasteiger charge is 2.40. The van der Waals surface area contributed by atoms with Gasteiger partial charge in [0, 0.05) is 18.9 Å². The van der Waals surface area contributed by atoms with Crippen LogP contribution in [0.4, 0.5) is 4.79 Å². The quantitative estimate of drug-likeness (QED) is 0.899. The summed E-state index contributed by atoms with van der Waals surface area (Å²) < 4.78 is 6.06. The number of amides is 2. The van der Waals surface area contributed by atoms with Crippen molar-refractivity contribution in [2.45, 2.75) is 44.2 Å². The first-order chi connectivity index (χ1) is 13.2. The first-order valence-electron chi connectivity index (χ1n) is 9.81. The van der Waals surface area contributed by atoms with Gasteiger partial charge < -0.3 is 15.0 Å². The summed E-state index contributed by atoms with van der Waals surface area (Å²) in [5, 5.41) is 3.25. The van der Waals surface area contributed by atoms with Crippen molar-refractivity contribution in [2.24, 2.45) is 0 Å². The summed E-state index contributed by atoms with van der Waals surface area (Å²) in [6.07, 6.45) is 8.04. The SMILES string of the molecule is Cc1ccc(C(NC(=O)N2CCOC3(CCCC3)C2)c2ccncc2)cc1. The summed E-state index contributed by atoms with van der Waals surface area (Å²) in [5.74, 6) is 0. The predicted molar refractivity (Wildman–Crippen MR) is 105 cm³/mol. The molecule has 0 radical (unpaired) electrons. The standard InChI is InChI=1S/C22H27N3O2/c1-17-4-6-18(7-5-17)20(19-8-12-23-13-9-19)24-21(26)25-14-15-27-22(16-25)10-2-3-11-22/h4-9,12-13,20H,2-3,10-11,14-16H2,1H3,(H,24,26). The van der Waals surface area contributed by atoms with Gasteiger partial charge in [0.05, 0.1) is 24.8 Å². The number of hydrogen-bond donors (Lipinski definition) is 1. The molecule has 5 heteroatoms. The minimum absolute atomic E-state index is 0.0213. The molecule has 1 atom stereocenters. The van der Waals surface area contributed by atoms with E-state index < -0.39 is 0 Å². The van der Waals surface area contributed by atoms with Crippen molar-refractivity contribution in [1.29, 1.82) is 0 Å². The van der Waals surface area contributed by atoms with Gasteiger partial charge in [-0.15, -0.1) is 0 Å². The van der Waals surface area contributed by atoms with Gasteiger partial charge >= 0.3 is 6.03 Å². The number of morpholine rings is 1. The van der Waals surface area contributed by atoms with E-state index in [2.05, 4.69) is 41.5 Å². The molecular weight excluding hydrogens is 338 g/mol. The number of benzene rings is 1. The summed E-state index contributed by atoms with van der Waals surface area (Å²) in [4.78, 5) is 19.1. The van der Waals surface area contributed by atoms with Crippen LogP contribution < -0.4 is 5.32 Å². The second-order valence-electron chi connectivity index (χ2n) is 7.73. The average molecular weight is 365 g/mol. The molecule has 5 nitrogen and oxygen atoms in total. The molecule has 142 valence electrons. The molecule has 1 saturated heterocycles. The van der Waals surface area contributed by atoms with E-state index in [1.807, 2.05) is 17.0 Å². The van der Waals surface area contributed by atoms with Gasteiger partial charge in [-0.1, -0.05) is 42.7 Å². The highest BCUT2D eigenvalue weighted by atomic mass is 16.5. The van der Waals surface area contributed by atoms with Gasteiger partial charge in [0.25, 0.3) is 0 Å². The minimum atomic E-state index is -0.191. The summed E-state index contributed by atoms with van der Waals surface area (Å²) in [6.45, 7) is 4.02. The zero-order valence-electron chi connectivity index (χ0n) is 15.9. The molecule has 2 amide bonds. The topological polar surface area (TPSA) is 54.5 Å². The molecule has 2 aromatic rings. The summed E-state index contributed by atoms with van der Waals surface area (Å²) in [7, 11) is 0. The molecule has 1 aromatic heterocycles. The lowest BCUT2D eigenvalue weighted by atomic mass is 9.98. The van der Waals surface area contributed by atoms with Crippen LogP contribution in [0.3, 0.4) is 0 Å². The number of rotatable bonds is 3. The molecule has 1 aliphatic heterocycles. The fourth-order valence-corrected chi connectivity index (χ4v) is 4.23. The van der Waals surface area contributed by atoms with Crippen LogP contribution in [0.2, 0.25) is 0 Å². The predicted octanol–water partition coefficient (Wildman–Crippen LogP) is 3.83. The molecule has 1 unspecified atom stereocenters. The third kappa shape index (κ3) is 3.98. The van der Waals surface area contributed by atoms with E-state index in [0.29, 0.717) is 19.7 Å². The Hall–Kier alpha value is -2.40. The molecule has 2 fully saturated rings. The monoisotopic (exact) mass is 365 g/mol. The van der Waals surface area contributed by atoms with E-state index in [1.165, 1.54) is 18.4 Å². The number of aryl methyl sites for hydroxylation is 1. The van der Waals surface area contributed by atoms with E-state index in [0.717, 1.165) is 24.0 Å². The van der Waals surface area contributed by atoms with Gasteiger partial charge in [-0.3, -0.25) is 4.98 Å². The smallest absolute Gasteiger partial charge is 0.318 e. The Morgan fingerprint density at radius 2 is 1.78 bits per heavy atom. The van der Waals surface area contributed by atoms with Gasteiger partial charge in [0.2, 0.25) is 0 Å². The number of hydrogen-bond acceptors (Lipinski definition) is 3. The third-order valence-corrected chi connectivity index (χ3v) is 5.77. The minimum Gasteiger partial charge on any atom is -0.371 e. The van der Waals surface area contributed by atoms with Crippen molar-refractivity contribution in [3.8, 4) is 0 Å². The second-order valence-corrected chi connectivity index (χ2v) is 7.73. The van der Waals surface area contributed by atoms with E-state index in [1.54, 1.807) is 12.4 Å². The summed E-state index contributed by atoms with van der Waals surface area (Å²) >= 11 is 0. The fourth-order valence-electron chi connectivity index (χ4n) is 4.23. The van der Waals surface area contributed by atoms with E-state index in [4.69, 9.17) is 4.74 Å². The zero-order chi connectivity index (χ0) is 18.7. The van der Waals surface area contributed by atoms with Crippen LogP contribution in [0, 0.1) is 6.92 Å². The van der Waals surface area contributed by atoms with Crippen molar-refractivity contribution in [1.82, 2.24) is 15.2 Å². The van der Waals surface area contributed by atoms with Gasteiger partial charge in [0.1, 0.15) is 0 Å². The number of ether oxygens (including phenoxy) is 1. The maximum Gasteiger partial charge on any atom is 0.318 e. The molecule has 0 bridgehead atoms. The van der Waals surface area contributed by atoms with Gasteiger partial charge in [-0.2, -0.15) is 0 Å². The van der Waals surface area contributed by atoms with Crippen LogP contribution in [-0.2, 0) is 4.74 Å². The molecule has 4 rings (SSSR count). The number of carbonyl (C=O) groups is 1. The highest BCUT2D eigenvalue weighted by molar-refractivity contribution is 5.75. The summed E-state index contributed by atoms with van der Waals surface area (Å²) in [5.41, 5.74) is 3.19. The number of urea groups is 1. The van der Waals surface area contributed by atoms with Gasteiger partial charge in [-0.05, 0) is 43.0 Å². The van der Waals surface area contributed by atoms with Crippen molar-refractivity contribution in [3.63, 3.8) is 0 Å². The van der Waals surface area contributed by atoms with Crippen molar-refractivity contribution in [2.75, 3.05) is 19.7 Å². The second kappa shape index (κ2) is 7.69. The number of carbonyl (C=O) groups excluding carboxylic acids is 1. The van der Waals surface area contributed by atoms with Crippen LogP contribution in [0.1, 0.15) is 48.4 Å². The van der Waals surface area contributed by atoms with Gasteiger partial charge in [0.15, 0.2) is 0 Å². The Morgan fingerprint density at radius 1 is 1.11 bits per heavy atom. The Labute approximate surface area is 160 Å². The van der Waals surface area contributed by atoms with Crippen LogP contribution in [0.25, 0.3) is 0 Å². The lowest BCUT2D eigenvalue weighted by molar-refractivity contribution is -0.0926. The first-order valence-corrected chi connectivity index (χ1v) is 9.81. The largest absolute Gasteiger partial charge is 0.371 e. The molecule has 27 heavy (non-hydrogen) atoms. The Balaban J connectivity index is 1.54.